The van der Waals surface area contributed by atoms with Gasteiger partial charge >= 0.3 is 0 Å². The molecule has 530 valence electrons. The van der Waals surface area contributed by atoms with Crippen LogP contribution in [0.25, 0.3) is 21.8 Å². The maximum Gasteiger partial charge on any atom is 0.264 e. The number of para-hydroxylation sites is 2. The van der Waals surface area contributed by atoms with Crippen molar-refractivity contribution >= 4 is 111 Å². The number of aromatic nitrogens is 2. The van der Waals surface area contributed by atoms with Crippen LogP contribution in [0.15, 0.2) is 236 Å². The van der Waals surface area contributed by atoms with E-state index in [4.69, 9.17) is 65.0 Å². The zero-order valence-corrected chi connectivity index (χ0v) is 61.7. The molecule has 0 amide bonds. The Morgan fingerprint density at radius 3 is 1.26 bits per heavy atom. The molecule has 0 radical (unpaired) electrons. The van der Waals surface area contributed by atoms with Gasteiger partial charge in [0.25, 0.3) is 20.0 Å². The third-order valence-corrected chi connectivity index (χ3v) is 22.7. The number of anilines is 2. The van der Waals surface area contributed by atoms with Gasteiger partial charge < -0.3 is 10.6 Å². The van der Waals surface area contributed by atoms with Crippen LogP contribution in [0.1, 0.15) is 133 Å². The molecule has 0 fully saturated rings. The Kier molecular flexibility index (Phi) is 23.8. The molecule has 16 nitrogen and oxygen atoms in total. The van der Waals surface area contributed by atoms with Gasteiger partial charge in [0.05, 0.1) is 45.3 Å². The molecule has 0 saturated heterocycles. The van der Waals surface area contributed by atoms with Gasteiger partial charge in [-0.2, -0.15) is 10.2 Å². The van der Waals surface area contributed by atoms with Crippen molar-refractivity contribution in [1.29, 1.82) is 0 Å². The average Bonchev–Trinajstić information content (AvgIpc) is 1.73. The highest BCUT2D eigenvalue weighted by Crippen LogP contribution is 2.37. The number of benzene rings is 8. The van der Waals surface area contributed by atoms with Crippen molar-refractivity contribution in [2.45, 2.75) is 125 Å². The van der Waals surface area contributed by atoms with Crippen molar-refractivity contribution in [2.75, 3.05) is 49.9 Å². The van der Waals surface area contributed by atoms with Crippen molar-refractivity contribution < 1.29 is 16.8 Å². The number of halogens is 3. The number of aryl methyl sites for hydroxylation is 3. The molecule has 0 saturated carbocycles. The Bertz CT molecular complexity index is 4960. The number of hydrogen-bond donors (Lipinski definition) is 4. The number of sulfonamides is 2. The van der Waals surface area contributed by atoms with Gasteiger partial charge in [-0.05, 0) is 190 Å². The number of nitrogens with zero attached hydrogens (tertiary/aromatic N) is 8. The van der Waals surface area contributed by atoms with E-state index in [2.05, 4.69) is 86.8 Å². The van der Waals surface area contributed by atoms with Gasteiger partial charge in [0, 0.05) is 86.6 Å². The number of hydrogen-bond acceptors (Lipinski definition) is 12. The third-order valence-electron chi connectivity index (χ3n) is 19.3. The van der Waals surface area contributed by atoms with E-state index >= 15 is 0 Å². The van der Waals surface area contributed by atoms with Crippen LogP contribution in [-0.4, -0.2) is 99.4 Å². The minimum atomic E-state index is -3.98. The normalized spacial score (nSPS) is 16.2. The molecule has 2 atom stereocenters. The van der Waals surface area contributed by atoms with Crippen LogP contribution in [0.5, 0.6) is 0 Å². The molecule has 4 N–H and O–H groups in total. The second-order valence-corrected chi connectivity index (χ2v) is 31.2. The molecule has 0 unspecified atom stereocenters. The van der Waals surface area contributed by atoms with Crippen LogP contribution in [0.3, 0.4) is 0 Å². The smallest absolute Gasteiger partial charge is 0.264 e. The summed E-state index contributed by atoms with van der Waals surface area (Å²) in [5, 5.41) is 25.0. The molecule has 103 heavy (non-hydrogen) atoms. The summed E-state index contributed by atoms with van der Waals surface area (Å²) in [7, 11) is -7.89. The van der Waals surface area contributed by atoms with Gasteiger partial charge in [-0.25, -0.2) is 36.3 Å². The highest BCUT2D eigenvalue weighted by Gasteiger charge is 2.35. The largest absolute Gasteiger partial charge is 0.384 e. The monoisotopic (exact) mass is 1470 g/mol. The quantitative estimate of drug-likeness (QED) is 0.0272. The molecule has 8 aromatic carbocycles. The lowest BCUT2D eigenvalue weighted by Gasteiger charge is -2.21. The van der Waals surface area contributed by atoms with Crippen LogP contribution in [0.2, 0.25) is 15.1 Å². The van der Waals surface area contributed by atoms with E-state index in [0.29, 0.717) is 41.2 Å². The molecular formula is C82H85Cl3N12O4S2. The second-order valence-electron chi connectivity index (χ2n) is 26.6. The molecular weight excluding hydrogens is 1390 g/mol. The summed E-state index contributed by atoms with van der Waals surface area (Å²) in [5.41, 5.74) is 16.4. The predicted octanol–water partition coefficient (Wildman–Crippen LogP) is 17.7. The van der Waals surface area contributed by atoms with E-state index in [-0.39, 0.29) is 33.5 Å². The van der Waals surface area contributed by atoms with Crippen LogP contribution in [0.4, 0.5) is 11.4 Å². The van der Waals surface area contributed by atoms with Crippen LogP contribution >= 0.6 is 34.8 Å². The van der Waals surface area contributed by atoms with Gasteiger partial charge in [0.2, 0.25) is 11.9 Å². The summed E-state index contributed by atoms with van der Waals surface area (Å²) in [6.45, 7) is 5.37. The standard InChI is InChI=1S/C43H47ClN6O2S.C39H38Cl2N6O2S/c1-31-20-26-35(27-21-31)53(51,52)49-43(50-30-38(32-14-6-5-7-15-32)41(48-50)33-22-24-34(44)25-23-33)46-29-13-4-2-3-12-28-45-42-36-16-8-10-18-39(36)47-40-19-11-9-17-37(40)42;40-29-18-16-28(17-19-29)37-34(27-10-2-1-3-11-27)26-47(45-37)39(46-50(48,49)31-22-20-30(41)21-23-31)43-25-9-8-24-42-38-32-12-4-6-14-35(32)44-36-15-7-5-13-33(36)38/h5-8,10,14-16,18,20-27,38H,2-4,9,11-13,17,19,28-30H2,1H3,(H,45,47)(H,46,49);1-4,6,10-12,14,16-23,34H,5,7-9,13,15,24-26H2,(H,42,44)(H,43,46)/t38-;34-/m11/s1. The minimum Gasteiger partial charge on any atom is -0.384 e. The summed E-state index contributed by atoms with van der Waals surface area (Å²) in [4.78, 5) is 19.9. The van der Waals surface area contributed by atoms with Crippen LogP contribution < -0.4 is 20.1 Å². The van der Waals surface area contributed by atoms with E-state index in [9.17, 15) is 16.8 Å². The van der Waals surface area contributed by atoms with Gasteiger partial charge in [-0.15, -0.1) is 0 Å². The molecule has 2 aliphatic heterocycles. The highest BCUT2D eigenvalue weighted by atomic mass is 35.5. The lowest BCUT2D eigenvalue weighted by Crippen LogP contribution is -2.41. The van der Waals surface area contributed by atoms with Crippen LogP contribution in [-0.2, 0) is 45.7 Å². The lowest BCUT2D eigenvalue weighted by atomic mass is 9.91. The fourth-order valence-corrected chi connectivity index (χ4v) is 16.3. The maximum atomic E-state index is 13.6. The lowest BCUT2D eigenvalue weighted by molar-refractivity contribution is 0.460. The van der Waals surface area contributed by atoms with E-state index in [0.717, 1.165) is 139 Å². The first-order valence-electron chi connectivity index (χ1n) is 35.8. The van der Waals surface area contributed by atoms with Crippen LogP contribution in [0, 0.1) is 6.92 Å². The van der Waals surface area contributed by atoms with E-state index in [1.165, 1.54) is 77.1 Å². The molecule has 4 heterocycles. The average molecular weight is 1470 g/mol. The zero-order valence-electron chi connectivity index (χ0n) is 57.8. The first-order chi connectivity index (χ1) is 50.2. The molecule has 21 heteroatoms. The molecule has 2 aliphatic carbocycles. The van der Waals surface area contributed by atoms with Crippen molar-refractivity contribution in [3.8, 4) is 0 Å². The molecule has 14 rings (SSSR count). The molecule has 10 aromatic rings. The Morgan fingerprint density at radius 1 is 0.437 bits per heavy atom. The minimum absolute atomic E-state index is 0.0873. The van der Waals surface area contributed by atoms with Gasteiger partial charge in [-0.3, -0.25) is 20.0 Å². The summed E-state index contributed by atoms with van der Waals surface area (Å²) < 4.78 is 60.1. The van der Waals surface area contributed by atoms with Crippen molar-refractivity contribution in [2.24, 2.45) is 20.2 Å². The third kappa shape index (κ3) is 18.1. The van der Waals surface area contributed by atoms with Gasteiger partial charge in [-0.1, -0.05) is 193 Å². The topological polar surface area (TPSA) is 198 Å². The Hall–Kier alpha value is -9.17. The molecule has 0 spiro atoms. The van der Waals surface area contributed by atoms with Crippen molar-refractivity contribution in [1.82, 2.24) is 29.4 Å². The SMILES string of the molecule is Cc1ccc(S(=O)(=O)NC(=NCCCCCCCNc2c3c(nc4ccccc24)CCCC3)N2C[C@H](c3ccccc3)C(c3ccc(Cl)cc3)=N2)cc1.O=S(=O)(NC(=NCCCCNc1c2c(nc3ccccc13)CCCC2)N1C[C@H](c2ccccc2)C(c2ccc(Cl)cc2)=N1)c1ccc(Cl)cc1. The Labute approximate surface area is 620 Å². The molecule has 0 bridgehead atoms. The summed E-state index contributed by atoms with van der Waals surface area (Å²) >= 11 is 18.5. The van der Waals surface area contributed by atoms with E-state index in [1.54, 1.807) is 46.4 Å². The number of rotatable bonds is 23. The summed E-state index contributed by atoms with van der Waals surface area (Å²) in [6.07, 6.45) is 15.7. The Balaban J connectivity index is 0.000000184. The van der Waals surface area contributed by atoms with Crippen molar-refractivity contribution in [3.63, 3.8) is 0 Å². The number of pyridine rings is 2. The van der Waals surface area contributed by atoms with Gasteiger partial charge in [0.1, 0.15) is 0 Å². The number of nitrogens with one attached hydrogen (secondary N) is 4. The second kappa shape index (κ2) is 34.0. The molecule has 2 aromatic heterocycles. The molecule has 4 aliphatic rings. The number of guanidine groups is 2. The van der Waals surface area contributed by atoms with E-state index in [1.807, 2.05) is 97.9 Å². The van der Waals surface area contributed by atoms with Gasteiger partial charge in [0.15, 0.2) is 0 Å². The summed E-state index contributed by atoms with van der Waals surface area (Å²) in [6, 6.07) is 65.1. The summed E-state index contributed by atoms with van der Waals surface area (Å²) in [5.74, 6) is 0.197. The number of unbranched alkanes of at least 4 members (excludes halogenated alkanes) is 5. The number of aliphatic imine (C=N–C) groups is 2. The maximum absolute atomic E-state index is 13.6. The number of hydrazone groups is 2. The fraction of sp³-hybridized carbons (Fsp3) is 0.293. The predicted molar refractivity (Wildman–Crippen MR) is 422 cm³/mol. The van der Waals surface area contributed by atoms with Crippen molar-refractivity contribution in [3.05, 3.63) is 272 Å². The fourth-order valence-electron chi connectivity index (χ4n) is 13.9. The first kappa shape index (κ1) is 72.2. The first-order valence-corrected chi connectivity index (χ1v) is 39.9. The zero-order chi connectivity index (χ0) is 71.1. The van der Waals surface area contributed by atoms with E-state index < -0.39 is 20.0 Å². The Morgan fingerprint density at radius 2 is 0.806 bits per heavy atom. The highest BCUT2D eigenvalue weighted by molar-refractivity contribution is 7.90. The number of fused-ring (bicyclic) bond motifs is 4.